The molecule has 0 saturated heterocycles. The number of imidazole rings is 1. The number of para-hydroxylation sites is 5. The predicted octanol–water partition coefficient (Wildman–Crippen LogP) is 16.2. The Bertz CT molecular complexity index is 4640. The SMILES string of the molecule is [2H]C([2H])([2H])c1cccc(-c2cccc(-c3ccc(-c4ccccc4)cc3)c2-n2[c](=[Pt])n(-c3[c-]c(Oc4nc5c(c(C([2H])([2H])[2H])c4-c4ccccc4)-c4cccc6c4B4N(c7ccc[c-]c7N45)c4ccccc4-6)ccc3)c3ccccc32)c1. The van der Waals surface area contributed by atoms with Crippen LogP contribution in [0.2, 0.25) is 0 Å². The summed E-state index contributed by atoms with van der Waals surface area (Å²) in [6, 6.07) is 83.4. The number of nitrogens with zero attached hydrogens (tertiary/aromatic N) is 5. The molecule has 0 N–H and O–H groups in total. The minimum atomic E-state index is -2.65. The summed E-state index contributed by atoms with van der Waals surface area (Å²) in [6.45, 7) is -5.35. The van der Waals surface area contributed by atoms with Crippen molar-refractivity contribution in [3.8, 4) is 89.8 Å². The first-order chi connectivity index (χ1) is 39.9. The maximum atomic E-state index is 9.50. The van der Waals surface area contributed by atoms with Gasteiger partial charge in [-0.3, -0.25) is 0 Å². The molecule has 2 aromatic heterocycles. The second-order valence-electron chi connectivity index (χ2n) is 19.2. The van der Waals surface area contributed by atoms with E-state index in [0.717, 1.165) is 93.1 Å². The van der Waals surface area contributed by atoms with Crippen LogP contribution < -0.4 is 19.8 Å². The number of anilines is 4. The molecule has 0 amide bonds. The second kappa shape index (κ2) is 17.6. The van der Waals surface area contributed by atoms with E-state index in [1.54, 1.807) is 12.1 Å². The number of hydrogen-bond donors (Lipinski definition) is 0. The van der Waals surface area contributed by atoms with Crippen LogP contribution in [0.3, 0.4) is 0 Å². The molecule has 8 heteroatoms. The molecule has 0 spiro atoms. The fourth-order valence-corrected chi connectivity index (χ4v) is 12.8. The Morgan fingerprint density at radius 3 is 1.95 bits per heavy atom. The van der Waals surface area contributed by atoms with E-state index in [9.17, 15) is 4.11 Å². The van der Waals surface area contributed by atoms with Crippen LogP contribution in [-0.4, -0.2) is 21.1 Å². The number of ether oxygens (including phenoxy) is 1. The predicted molar refractivity (Wildman–Crippen MR) is 306 cm³/mol. The van der Waals surface area contributed by atoms with E-state index in [1.807, 2.05) is 127 Å². The van der Waals surface area contributed by atoms with Crippen LogP contribution in [0.5, 0.6) is 11.6 Å². The van der Waals surface area contributed by atoms with Gasteiger partial charge in [-0.2, -0.15) is 12.1 Å². The van der Waals surface area contributed by atoms with Gasteiger partial charge in [-0.15, -0.1) is 6.07 Å². The molecule has 0 fully saturated rings. The number of hydrogen-bond acceptors (Lipinski definition) is 4. The Hall–Kier alpha value is -9.03. The molecule has 0 atom stereocenters. The molecule has 76 heavy (non-hydrogen) atoms. The van der Waals surface area contributed by atoms with Gasteiger partial charge in [0.05, 0.1) is 0 Å². The van der Waals surface area contributed by atoms with E-state index in [2.05, 4.69) is 141 Å². The summed E-state index contributed by atoms with van der Waals surface area (Å²) in [5.41, 5.74) is 17.6. The number of aryl methyl sites for hydroxylation is 1. The summed E-state index contributed by atoms with van der Waals surface area (Å²) in [6.07, 6.45) is 0. The number of benzene rings is 10. The van der Waals surface area contributed by atoms with E-state index in [1.165, 1.54) is 0 Å². The summed E-state index contributed by atoms with van der Waals surface area (Å²) >= 11 is 2.38. The van der Waals surface area contributed by atoms with Gasteiger partial charge in [0, 0.05) is 11.3 Å². The summed E-state index contributed by atoms with van der Waals surface area (Å²) in [4.78, 5) is 9.98. The molecule has 3 aliphatic rings. The average Bonchev–Trinajstić information content (AvgIpc) is 3.08. The first-order valence-corrected chi connectivity index (χ1v) is 26.3. The number of rotatable bonds is 8. The van der Waals surface area contributed by atoms with Gasteiger partial charge in [-0.05, 0) is 11.6 Å². The molecule has 0 radical (unpaired) electrons. The van der Waals surface area contributed by atoms with Crippen LogP contribution in [-0.2, 0) is 19.4 Å². The third-order valence-corrected chi connectivity index (χ3v) is 16.0. The molecule has 0 bridgehead atoms. The van der Waals surface area contributed by atoms with Crippen molar-refractivity contribution in [1.29, 1.82) is 0 Å². The second-order valence-corrected chi connectivity index (χ2v) is 20.2. The molecular formula is C68H44BN5OPt-2. The van der Waals surface area contributed by atoms with Crippen molar-refractivity contribution in [3.63, 3.8) is 0 Å². The zero-order valence-electron chi connectivity index (χ0n) is 46.5. The first-order valence-electron chi connectivity index (χ1n) is 28.1. The quantitative estimate of drug-likeness (QED) is 0.112. The molecule has 10 aromatic carbocycles. The number of pyridine rings is 1. The van der Waals surface area contributed by atoms with Gasteiger partial charge in [0.1, 0.15) is 0 Å². The zero-order chi connectivity index (χ0) is 55.6. The van der Waals surface area contributed by atoms with Gasteiger partial charge in [-0.1, -0.05) is 30.3 Å². The third-order valence-electron chi connectivity index (χ3n) is 15.0. The monoisotopic (exact) mass is 1160 g/mol. The van der Waals surface area contributed by atoms with Crippen LogP contribution in [0.4, 0.5) is 22.9 Å². The van der Waals surface area contributed by atoms with Crippen molar-refractivity contribution < 1.29 is 32.3 Å². The van der Waals surface area contributed by atoms with Crippen LogP contribution in [0, 0.1) is 29.6 Å². The first kappa shape index (κ1) is 38.5. The van der Waals surface area contributed by atoms with Crippen molar-refractivity contribution >= 4 is 46.4 Å². The third kappa shape index (κ3) is 6.78. The van der Waals surface area contributed by atoms with Crippen molar-refractivity contribution in [2.24, 2.45) is 0 Å². The summed E-state index contributed by atoms with van der Waals surface area (Å²) < 4.78 is 65.9. The van der Waals surface area contributed by atoms with Crippen LogP contribution in [0.15, 0.2) is 231 Å². The molecule has 0 saturated carbocycles. The number of fused-ring (bicyclic) bond motifs is 10. The van der Waals surface area contributed by atoms with Gasteiger partial charge in [0.25, 0.3) is 0 Å². The molecule has 362 valence electrons. The van der Waals surface area contributed by atoms with E-state index < -0.39 is 13.7 Å². The Morgan fingerprint density at radius 1 is 0.513 bits per heavy atom. The number of aromatic nitrogens is 3. The van der Waals surface area contributed by atoms with Crippen LogP contribution in [0.25, 0.3) is 89.2 Å². The van der Waals surface area contributed by atoms with E-state index in [4.69, 9.17) is 13.8 Å². The molecule has 3 aliphatic heterocycles. The molecule has 5 heterocycles. The molecule has 15 rings (SSSR count). The van der Waals surface area contributed by atoms with Gasteiger partial charge < -0.3 is 0 Å². The standard InChI is InChI=1S/C68H44BN5O.Pt/c1-44-19-15-24-50(41-44)54-29-17-28-53(48-39-37-47(38-40-48)46-20-5-3-6-21-46)66(54)72-43-71(59-33-11-12-34-60(59)72)51-25-16-26-52(42-51)75-68-63(49-22-7-4-8-23-49)45(2)64-57-31-18-30-56-55-27-9-10-32-58(55)73-61-35-13-14-36-62(61)74(67(64)70-68)69(73)65(56)57;/h3-35,37-41H,1-2H3;/q-2;/i1D3,2D3;. The molecule has 6 nitrogen and oxygen atoms in total. The van der Waals surface area contributed by atoms with Gasteiger partial charge in [-0.25, -0.2) is 0 Å². The van der Waals surface area contributed by atoms with Crippen molar-refractivity contribution in [2.45, 2.75) is 13.7 Å². The van der Waals surface area contributed by atoms with E-state index in [0.29, 0.717) is 33.9 Å². The van der Waals surface area contributed by atoms with Gasteiger partial charge >= 0.3 is 392 Å². The fourth-order valence-electron chi connectivity index (χ4n) is 11.7. The Labute approximate surface area is 461 Å². The van der Waals surface area contributed by atoms with Crippen LogP contribution >= 0.6 is 0 Å². The maximum absolute atomic E-state index is 9.50. The average molecular weight is 1160 g/mol. The topological polar surface area (TPSA) is 38.5 Å². The summed E-state index contributed by atoms with van der Waals surface area (Å²) in [5.74, 6) is 0.896. The van der Waals surface area contributed by atoms with Crippen molar-refractivity contribution in [2.75, 3.05) is 9.62 Å². The zero-order valence-corrected chi connectivity index (χ0v) is 42.7. The Morgan fingerprint density at radius 2 is 1.14 bits per heavy atom. The fraction of sp³-hybridized carbons (Fsp3) is 0.0294. The van der Waals surface area contributed by atoms with Gasteiger partial charge in [0.2, 0.25) is 0 Å². The van der Waals surface area contributed by atoms with Gasteiger partial charge in [0.15, 0.2) is 0 Å². The normalized spacial score (nSPS) is 14.1. The summed E-state index contributed by atoms with van der Waals surface area (Å²) in [7, 11) is 0. The molecule has 0 aliphatic carbocycles. The van der Waals surface area contributed by atoms with Crippen LogP contribution in [0.1, 0.15) is 19.4 Å². The Kier molecular flexibility index (Phi) is 8.90. The van der Waals surface area contributed by atoms with Crippen molar-refractivity contribution in [1.82, 2.24) is 14.1 Å². The molecule has 0 unspecified atom stereocenters. The van der Waals surface area contributed by atoms with Crippen molar-refractivity contribution in [3.05, 3.63) is 258 Å². The Balaban J connectivity index is 0.927. The minimum absolute atomic E-state index is 0.120. The summed E-state index contributed by atoms with van der Waals surface area (Å²) in [5, 5.41) is 0. The molecular weight excluding hydrogens is 1110 g/mol. The van der Waals surface area contributed by atoms with E-state index in [-0.39, 0.29) is 24.0 Å². The van der Waals surface area contributed by atoms with E-state index >= 15 is 0 Å². The molecule has 12 aromatic rings.